The van der Waals surface area contributed by atoms with Crippen LogP contribution in [0.4, 0.5) is 5.69 Å². The first-order valence-corrected chi connectivity index (χ1v) is 10.2. The number of carbonyl (C=O) groups excluding carboxylic acids is 2. The summed E-state index contributed by atoms with van der Waals surface area (Å²) < 4.78 is 0. The number of hydrogen-bond acceptors (Lipinski definition) is 2. The van der Waals surface area contributed by atoms with Crippen molar-refractivity contribution in [3.05, 3.63) is 65.9 Å². The number of nitrogens with zero attached hydrogens (tertiary/aromatic N) is 1. The van der Waals surface area contributed by atoms with E-state index in [1.165, 1.54) is 23.4 Å². The van der Waals surface area contributed by atoms with Gasteiger partial charge in [-0.15, -0.1) is 0 Å². The molecule has 0 aliphatic rings. The first-order valence-electron chi connectivity index (χ1n) is 10.2. The standard InChI is InChI=1S/C24H29N3O2/c1-17(2)19-8-10-21(11-9-19)27(18(3)28)15-13-24(29)25-14-12-20-16-26-23-7-5-4-6-22(20)23/h4-11,16-17,26H,12-15H2,1-3H3,(H,25,29). The molecule has 0 atom stereocenters. The third-order valence-electron chi connectivity index (χ3n) is 5.21. The van der Waals surface area contributed by atoms with Crippen molar-refractivity contribution >= 4 is 28.4 Å². The van der Waals surface area contributed by atoms with Crippen molar-refractivity contribution in [3.63, 3.8) is 0 Å². The predicted octanol–water partition coefficient (Wildman–Crippen LogP) is 4.39. The molecule has 0 aliphatic heterocycles. The zero-order chi connectivity index (χ0) is 20.8. The van der Waals surface area contributed by atoms with Gasteiger partial charge < -0.3 is 15.2 Å². The molecule has 0 bridgehead atoms. The highest BCUT2D eigenvalue weighted by Gasteiger charge is 2.14. The fourth-order valence-corrected chi connectivity index (χ4v) is 3.48. The molecule has 0 spiro atoms. The maximum absolute atomic E-state index is 12.3. The van der Waals surface area contributed by atoms with Crippen LogP contribution in [0, 0.1) is 0 Å². The van der Waals surface area contributed by atoms with Crippen LogP contribution in [0.1, 0.15) is 44.2 Å². The molecule has 2 aromatic carbocycles. The SMILES string of the molecule is CC(=O)N(CCC(=O)NCCc1c[nH]c2ccccc12)c1ccc(C(C)C)cc1. The van der Waals surface area contributed by atoms with Gasteiger partial charge in [0, 0.05) is 49.2 Å². The molecule has 2 amide bonds. The second kappa shape index (κ2) is 9.41. The molecular formula is C24H29N3O2. The highest BCUT2D eigenvalue weighted by Crippen LogP contribution is 2.21. The number of anilines is 1. The monoisotopic (exact) mass is 391 g/mol. The molecule has 0 radical (unpaired) electrons. The average Bonchev–Trinajstić information content (AvgIpc) is 3.11. The van der Waals surface area contributed by atoms with Crippen LogP contribution in [0.25, 0.3) is 10.9 Å². The Balaban J connectivity index is 1.50. The van der Waals surface area contributed by atoms with Gasteiger partial charge in [0.05, 0.1) is 0 Å². The normalized spacial score (nSPS) is 11.0. The van der Waals surface area contributed by atoms with Crippen LogP contribution in [0.2, 0.25) is 0 Å². The fraction of sp³-hybridized carbons (Fsp3) is 0.333. The van der Waals surface area contributed by atoms with E-state index < -0.39 is 0 Å². The van der Waals surface area contributed by atoms with Gasteiger partial charge in [-0.3, -0.25) is 9.59 Å². The molecule has 5 nitrogen and oxygen atoms in total. The topological polar surface area (TPSA) is 65.2 Å². The van der Waals surface area contributed by atoms with E-state index >= 15 is 0 Å². The van der Waals surface area contributed by atoms with Crippen LogP contribution >= 0.6 is 0 Å². The number of aromatic amines is 1. The van der Waals surface area contributed by atoms with Gasteiger partial charge in [0.1, 0.15) is 0 Å². The third kappa shape index (κ3) is 5.25. The summed E-state index contributed by atoms with van der Waals surface area (Å²) in [4.78, 5) is 29.2. The zero-order valence-electron chi connectivity index (χ0n) is 17.4. The number of para-hydroxylation sites is 1. The van der Waals surface area contributed by atoms with Crippen LogP contribution in [-0.4, -0.2) is 29.9 Å². The van der Waals surface area contributed by atoms with Crippen LogP contribution in [0.5, 0.6) is 0 Å². The highest BCUT2D eigenvalue weighted by atomic mass is 16.2. The molecular weight excluding hydrogens is 362 g/mol. The summed E-state index contributed by atoms with van der Waals surface area (Å²) >= 11 is 0. The van der Waals surface area contributed by atoms with Gasteiger partial charge in [-0.1, -0.05) is 44.2 Å². The summed E-state index contributed by atoms with van der Waals surface area (Å²) in [5.41, 5.74) is 4.35. The van der Waals surface area contributed by atoms with Crippen molar-refractivity contribution in [3.8, 4) is 0 Å². The van der Waals surface area contributed by atoms with E-state index in [0.29, 0.717) is 19.0 Å². The molecule has 3 rings (SSSR count). The minimum atomic E-state index is -0.0612. The van der Waals surface area contributed by atoms with Gasteiger partial charge in [-0.05, 0) is 41.7 Å². The van der Waals surface area contributed by atoms with Crippen LogP contribution in [-0.2, 0) is 16.0 Å². The summed E-state index contributed by atoms with van der Waals surface area (Å²) in [6.45, 7) is 6.75. The molecule has 152 valence electrons. The number of carbonyl (C=O) groups is 2. The van der Waals surface area contributed by atoms with E-state index in [0.717, 1.165) is 17.6 Å². The average molecular weight is 392 g/mol. The van der Waals surface area contributed by atoms with Gasteiger partial charge in [-0.25, -0.2) is 0 Å². The van der Waals surface area contributed by atoms with Gasteiger partial charge in [0.2, 0.25) is 11.8 Å². The third-order valence-corrected chi connectivity index (χ3v) is 5.21. The van der Waals surface area contributed by atoms with E-state index in [9.17, 15) is 9.59 Å². The summed E-state index contributed by atoms with van der Waals surface area (Å²) in [6.07, 6.45) is 3.04. The van der Waals surface area contributed by atoms with Crippen LogP contribution in [0.3, 0.4) is 0 Å². The first kappa shape index (κ1) is 20.6. The lowest BCUT2D eigenvalue weighted by Gasteiger charge is -2.21. The van der Waals surface area contributed by atoms with Crippen molar-refractivity contribution in [2.75, 3.05) is 18.0 Å². The molecule has 0 fully saturated rings. The number of H-pyrrole nitrogens is 1. The molecule has 2 N–H and O–H groups in total. The Kier molecular flexibility index (Phi) is 6.70. The summed E-state index contributed by atoms with van der Waals surface area (Å²) in [6, 6.07) is 16.1. The van der Waals surface area contributed by atoms with Gasteiger partial charge in [0.15, 0.2) is 0 Å². The van der Waals surface area contributed by atoms with Crippen LogP contribution < -0.4 is 10.2 Å². The van der Waals surface area contributed by atoms with Gasteiger partial charge >= 0.3 is 0 Å². The Bertz CT molecular complexity index is 973. The molecule has 0 saturated carbocycles. The molecule has 0 unspecified atom stereocenters. The van der Waals surface area contributed by atoms with E-state index in [1.807, 2.05) is 48.7 Å². The maximum atomic E-state index is 12.3. The number of rotatable bonds is 8. The van der Waals surface area contributed by atoms with Crippen molar-refractivity contribution in [1.29, 1.82) is 0 Å². The largest absolute Gasteiger partial charge is 0.361 e. The zero-order valence-corrected chi connectivity index (χ0v) is 17.4. The Hall–Kier alpha value is -3.08. The fourth-order valence-electron chi connectivity index (χ4n) is 3.48. The summed E-state index contributed by atoms with van der Waals surface area (Å²) in [7, 11) is 0. The Morgan fingerprint density at radius 1 is 1.07 bits per heavy atom. The number of amides is 2. The molecule has 0 saturated heterocycles. The second-order valence-electron chi connectivity index (χ2n) is 7.63. The molecule has 3 aromatic rings. The highest BCUT2D eigenvalue weighted by molar-refractivity contribution is 5.92. The number of benzene rings is 2. The number of fused-ring (bicyclic) bond motifs is 1. The second-order valence-corrected chi connectivity index (χ2v) is 7.63. The van der Waals surface area contributed by atoms with E-state index in [4.69, 9.17) is 0 Å². The Morgan fingerprint density at radius 2 is 1.79 bits per heavy atom. The van der Waals surface area contributed by atoms with E-state index in [2.05, 4.69) is 30.2 Å². The minimum Gasteiger partial charge on any atom is -0.361 e. The Labute approximate surface area is 172 Å². The molecule has 29 heavy (non-hydrogen) atoms. The summed E-state index contributed by atoms with van der Waals surface area (Å²) in [5.74, 6) is 0.335. The van der Waals surface area contributed by atoms with Crippen molar-refractivity contribution in [1.82, 2.24) is 10.3 Å². The lowest BCUT2D eigenvalue weighted by Crippen LogP contribution is -2.34. The number of nitrogens with one attached hydrogen (secondary N) is 2. The Morgan fingerprint density at radius 3 is 2.48 bits per heavy atom. The lowest BCUT2D eigenvalue weighted by molar-refractivity contribution is -0.121. The van der Waals surface area contributed by atoms with E-state index in [-0.39, 0.29) is 18.2 Å². The van der Waals surface area contributed by atoms with Crippen LogP contribution in [0.15, 0.2) is 54.7 Å². The maximum Gasteiger partial charge on any atom is 0.223 e. The summed E-state index contributed by atoms with van der Waals surface area (Å²) in [5, 5.41) is 4.15. The lowest BCUT2D eigenvalue weighted by atomic mass is 10.0. The van der Waals surface area contributed by atoms with Crippen molar-refractivity contribution in [2.45, 2.75) is 39.5 Å². The number of hydrogen-bond donors (Lipinski definition) is 2. The van der Waals surface area contributed by atoms with Gasteiger partial charge in [-0.2, -0.15) is 0 Å². The molecule has 1 aromatic heterocycles. The van der Waals surface area contributed by atoms with E-state index in [1.54, 1.807) is 4.90 Å². The molecule has 0 aliphatic carbocycles. The van der Waals surface area contributed by atoms with Crippen molar-refractivity contribution < 1.29 is 9.59 Å². The smallest absolute Gasteiger partial charge is 0.223 e. The van der Waals surface area contributed by atoms with Crippen molar-refractivity contribution in [2.24, 2.45) is 0 Å². The molecule has 1 heterocycles. The first-order chi connectivity index (χ1) is 14.0. The predicted molar refractivity (Wildman–Crippen MR) is 118 cm³/mol. The quantitative estimate of drug-likeness (QED) is 0.598. The minimum absolute atomic E-state index is 0.0464. The van der Waals surface area contributed by atoms with Gasteiger partial charge in [0.25, 0.3) is 0 Å². The molecule has 5 heteroatoms. The number of aromatic nitrogens is 1.